The molecule has 1 aliphatic heterocycles. The Morgan fingerprint density at radius 2 is 1.53 bits per heavy atom. The average molecular weight is 775 g/mol. The second kappa shape index (κ2) is 19.3. The Kier molecular flexibility index (Phi) is 14.6. The van der Waals surface area contributed by atoms with Gasteiger partial charge in [-0.1, -0.05) is 67.3 Å². The van der Waals surface area contributed by atoms with E-state index in [1.54, 1.807) is 21.3 Å². The van der Waals surface area contributed by atoms with Crippen LogP contribution in [-0.4, -0.2) is 79.1 Å². The number of hydrogen-bond donors (Lipinski definition) is 1. The van der Waals surface area contributed by atoms with Crippen molar-refractivity contribution < 1.29 is 37.5 Å². The van der Waals surface area contributed by atoms with Crippen LogP contribution >= 0.6 is 8.53 Å². The van der Waals surface area contributed by atoms with Crippen molar-refractivity contribution in [2.45, 2.75) is 70.2 Å². The number of nitrogens with one attached hydrogen (secondary N) is 1. The summed E-state index contributed by atoms with van der Waals surface area (Å²) in [6, 6.07) is 27.3. The van der Waals surface area contributed by atoms with Gasteiger partial charge in [0.15, 0.2) is 0 Å². The van der Waals surface area contributed by atoms with Gasteiger partial charge in [-0.3, -0.25) is 9.88 Å². The van der Waals surface area contributed by atoms with Gasteiger partial charge in [0.25, 0.3) is 8.53 Å². The van der Waals surface area contributed by atoms with E-state index in [2.05, 4.69) is 49.2 Å². The quantitative estimate of drug-likeness (QED) is 0.0607. The first kappa shape index (κ1) is 41.5. The number of hydrogen-bond acceptors (Lipinski definition) is 11. The zero-order valence-electron chi connectivity index (χ0n) is 32.4. The maximum atomic E-state index is 13.4. The Hall–Kier alpha value is -4.62. The molecule has 55 heavy (non-hydrogen) atoms. The van der Waals surface area contributed by atoms with Crippen LogP contribution in [0.3, 0.4) is 0 Å². The van der Waals surface area contributed by atoms with Gasteiger partial charge in [-0.05, 0) is 74.7 Å². The molecule has 13 nitrogen and oxygen atoms in total. The summed E-state index contributed by atoms with van der Waals surface area (Å²) < 4.78 is 46.3. The highest BCUT2D eigenvalue weighted by Gasteiger charge is 2.45. The Balaban J connectivity index is 1.55. The summed E-state index contributed by atoms with van der Waals surface area (Å²) in [5.41, 5.74) is 0.860. The van der Waals surface area contributed by atoms with Crippen molar-refractivity contribution in [3.63, 3.8) is 0 Å². The Bertz CT molecular complexity index is 1840. The van der Waals surface area contributed by atoms with Crippen molar-refractivity contribution in [2.24, 2.45) is 0 Å². The molecule has 0 saturated carbocycles. The zero-order chi connectivity index (χ0) is 39.5. The van der Waals surface area contributed by atoms with Crippen LogP contribution < -0.4 is 20.5 Å². The van der Waals surface area contributed by atoms with E-state index in [1.165, 1.54) is 22.9 Å². The van der Waals surface area contributed by atoms with E-state index in [9.17, 15) is 9.59 Å². The molecule has 14 heteroatoms. The molecule has 0 bridgehead atoms. The monoisotopic (exact) mass is 774 g/mol. The van der Waals surface area contributed by atoms with Crippen LogP contribution in [0.5, 0.6) is 11.5 Å². The molecule has 1 aromatic heterocycles. The van der Waals surface area contributed by atoms with Crippen molar-refractivity contribution in [2.75, 3.05) is 39.9 Å². The van der Waals surface area contributed by atoms with Crippen molar-refractivity contribution in [1.82, 2.24) is 14.2 Å². The van der Waals surface area contributed by atoms with Crippen molar-refractivity contribution in [3.05, 3.63) is 131 Å². The molecule has 2 heterocycles. The van der Waals surface area contributed by atoms with Crippen molar-refractivity contribution in [1.29, 1.82) is 0 Å². The summed E-state index contributed by atoms with van der Waals surface area (Å²) in [6.45, 7) is 12.0. The van der Waals surface area contributed by atoms with E-state index in [0.29, 0.717) is 17.9 Å². The molecule has 4 atom stereocenters. The average Bonchev–Trinajstić information content (AvgIpc) is 3.59. The molecule has 3 aromatic carbocycles. The number of aromatic nitrogens is 2. The number of anilines is 1. The van der Waals surface area contributed by atoms with E-state index in [1.807, 2.05) is 78.9 Å². The topological polar surface area (TPSA) is 132 Å². The first-order valence-electron chi connectivity index (χ1n) is 18.1. The van der Waals surface area contributed by atoms with Crippen LogP contribution in [0.2, 0.25) is 0 Å². The summed E-state index contributed by atoms with van der Waals surface area (Å²) in [6.07, 6.45) is 0.513. The minimum atomic E-state index is -1.54. The molecule has 1 unspecified atom stereocenters. The van der Waals surface area contributed by atoms with Crippen LogP contribution in [-0.2, 0) is 28.9 Å². The SMILES string of the molecule is C=CCOC(=O)Nc1ccn([C@H]2C[C@H](OP(OC)N(C(C)C)C(C)C)[C@@H](COC(c3ccccc3)(c3ccc(OC)cc3)c3ccc(OC)cc3)O2)c(=O)n1. The number of rotatable bonds is 18. The molecular formula is C41H51N4O9P. The summed E-state index contributed by atoms with van der Waals surface area (Å²) in [4.78, 5) is 29.6. The predicted octanol–water partition coefficient (Wildman–Crippen LogP) is 7.67. The number of methoxy groups -OCH3 is 2. The number of benzene rings is 3. The molecule has 5 rings (SSSR count). The van der Waals surface area contributed by atoms with Gasteiger partial charge < -0.3 is 32.7 Å². The van der Waals surface area contributed by atoms with E-state index in [4.69, 9.17) is 32.7 Å². The Morgan fingerprint density at radius 3 is 2.04 bits per heavy atom. The first-order valence-corrected chi connectivity index (χ1v) is 19.2. The van der Waals surface area contributed by atoms with E-state index in [-0.39, 0.29) is 31.1 Å². The molecule has 4 aromatic rings. The van der Waals surface area contributed by atoms with Gasteiger partial charge in [0.1, 0.15) is 41.9 Å². The Labute approximate surface area is 324 Å². The maximum Gasteiger partial charge on any atom is 0.413 e. The molecule has 0 spiro atoms. The fraction of sp³-hybridized carbons (Fsp3) is 0.390. The molecule has 1 saturated heterocycles. The molecule has 1 aliphatic rings. The second-order valence-electron chi connectivity index (χ2n) is 13.3. The van der Waals surface area contributed by atoms with E-state index < -0.39 is 44.3 Å². The van der Waals surface area contributed by atoms with Gasteiger partial charge in [0.05, 0.1) is 26.9 Å². The third kappa shape index (κ3) is 9.80. The first-order chi connectivity index (χ1) is 26.5. The minimum Gasteiger partial charge on any atom is -0.497 e. The lowest BCUT2D eigenvalue weighted by molar-refractivity contribution is -0.0923. The van der Waals surface area contributed by atoms with Crippen molar-refractivity contribution in [3.8, 4) is 11.5 Å². The number of ether oxygens (including phenoxy) is 5. The minimum absolute atomic E-state index is 0.0151. The van der Waals surface area contributed by atoms with Crippen LogP contribution in [0.1, 0.15) is 57.0 Å². The summed E-state index contributed by atoms with van der Waals surface area (Å²) in [5.74, 6) is 1.45. The fourth-order valence-corrected chi connectivity index (χ4v) is 8.26. The summed E-state index contributed by atoms with van der Waals surface area (Å²) in [7, 11) is 3.36. The molecule has 1 amide bonds. The largest absolute Gasteiger partial charge is 0.497 e. The molecular weight excluding hydrogens is 723 g/mol. The molecule has 294 valence electrons. The highest BCUT2D eigenvalue weighted by molar-refractivity contribution is 7.44. The number of nitrogens with zero attached hydrogens (tertiary/aromatic N) is 3. The van der Waals surface area contributed by atoms with Gasteiger partial charge in [-0.25, -0.2) is 14.3 Å². The molecule has 0 radical (unpaired) electrons. The lowest BCUT2D eigenvalue weighted by Crippen LogP contribution is -2.39. The van der Waals surface area contributed by atoms with Gasteiger partial charge in [-0.2, -0.15) is 4.98 Å². The smallest absolute Gasteiger partial charge is 0.413 e. The predicted molar refractivity (Wildman–Crippen MR) is 211 cm³/mol. The van der Waals surface area contributed by atoms with Gasteiger partial charge in [0, 0.05) is 31.8 Å². The van der Waals surface area contributed by atoms with E-state index >= 15 is 0 Å². The number of amides is 1. The van der Waals surface area contributed by atoms with Crippen LogP contribution in [0.15, 0.2) is 109 Å². The van der Waals surface area contributed by atoms with E-state index in [0.717, 1.165) is 16.7 Å². The highest BCUT2D eigenvalue weighted by Crippen LogP contribution is 2.50. The second-order valence-corrected chi connectivity index (χ2v) is 14.8. The third-order valence-corrected chi connectivity index (χ3v) is 11.2. The molecule has 1 N–H and O–H groups in total. The zero-order valence-corrected chi connectivity index (χ0v) is 33.3. The lowest BCUT2D eigenvalue weighted by atomic mass is 9.80. The Morgan fingerprint density at radius 1 is 0.945 bits per heavy atom. The van der Waals surface area contributed by atoms with Gasteiger partial charge in [0.2, 0.25) is 0 Å². The normalized spacial score (nSPS) is 17.7. The van der Waals surface area contributed by atoms with Crippen LogP contribution in [0.4, 0.5) is 10.6 Å². The van der Waals surface area contributed by atoms with Crippen LogP contribution in [0.25, 0.3) is 0 Å². The highest BCUT2D eigenvalue weighted by atomic mass is 31.2. The third-order valence-electron chi connectivity index (χ3n) is 9.15. The van der Waals surface area contributed by atoms with Gasteiger partial charge in [-0.15, -0.1) is 0 Å². The lowest BCUT2D eigenvalue weighted by Gasteiger charge is -2.38. The summed E-state index contributed by atoms with van der Waals surface area (Å²) in [5, 5.41) is 2.46. The van der Waals surface area contributed by atoms with Crippen molar-refractivity contribution >= 4 is 20.4 Å². The summed E-state index contributed by atoms with van der Waals surface area (Å²) >= 11 is 0. The van der Waals surface area contributed by atoms with Gasteiger partial charge >= 0.3 is 11.8 Å². The molecule has 0 aliphatic carbocycles. The fourth-order valence-electron chi connectivity index (χ4n) is 6.67. The van der Waals surface area contributed by atoms with Crippen LogP contribution in [0, 0.1) is 0 Å². The standard InChI is InChI=1S/C41H51N4O9P/c1-9-25-51-40(47)43-37-23-24-44(39(46)42-37)38-26-35(54-55(50-8)45(28(2)3)29(4)5)36(53-38)27-52-41(30-13-11-10-12-14-30,31-15-19-33(48-6)20-16-31)32-17-21-34(49-7)22-18-32/h9-24,28-29,35-36,38H,1,25-27H2,2-8H3,(H,42,43,46,47)/t35-,36+,38+,55?/m0/s1. The number of carbonyl (C=O) groups is 1. The molecule has 1 fully saturated rings. The maximum absolute atomic E-state index is 13.4. The number of carbonyl (C=O) groups excluding carboxylic acids is 1.